The van der Waals surface area contributed by atoms with Crippen LogP contribution >= 0.6 is 0 Å². The first-order valence-corrected chi connectivity index (χ1v) is 16.2. The molecule has 3 aliphatic heterocycles. The summed E-state index contributed by atoms with van der Waals surface area (Å²) in [5.74, 6) is -2.46. The third-order valence-corrected chi connectivity index (χ3v) is 10.7. The largest absolute Gasteiger partial charge is 0.493 e. The van der Waals surface area contributed by atoms with Crippen LogP contribution in [0.15, 0.2) is 53.4 Å². The Morgan fingerprint density at radius 1 is 1.04 bits per heavy atom. The van der Waals surface area contributed by atoms with Crippen LogP contribution in [0.5, 0.6) is 11.5 Å². The predicted molar refractivity (Wildman–Crippen MR) is 167 cm³/mol. The zero-order valence-electron chi connectivity index (χ0n) is 26.0. The Hall–Kier alpha value is -4.10. The Kier molecular flexibility index (Phi) is 12.0. The number of carboxylic acid groups (broad SMARTS) is 2. The van der Waals surface area contributed by atoms with Crippen molar-refractivity contribution in [3.63, 3.8) is 0 Å². The van der Waals surface area contributed by atoms with Gasteiger partial charge in [-0.05, 0) is 56.1 Å². The van der Waals surface area contributed by atoms with Gasteiger partial charge in [0.2, 0.25) is 0 Å². The van der Waals surface area contributed by atoms with E-state index in [0.29, 0.717) is 12.8 Å². The third kappa shape index (κ3) is 6.88. The SMILES string of the molecule is COc1ccc2c3c1O[C@@H]1CC(O)C=CC31CCN(CCCCN1C(=O)c3ccccc3S1(=O)=O)C2.O.O.O=C(O)C(O)C(O)C(=O)O. The third-order valence-electron chi connectivity index (χ3n) is 8.84. The minimum absolute atomic E-state index is 0. The molecule has 0 saturated carbocycles. The maximum atomic E-state index is 12.8. The molecule has 4 aliphatic rings. The number of sulfonamides is 1. The van der Waals surface area contributed by atoms with E-state index in [1.54, 1.807) is 25.3 Å². The summed E-state index contributed by atoms with van der Waals surface area (Å²) in [4.78, 5) is 34.7. The van der Waals surface area contributed by atoms with Gasteiger partial charge in [-0.3, -0.25) is 9.69 Å². The molecule has 0 aromatic heterocycles. The number of ether oxygens (including phenoxy) is 2. The van der Waals surface area contributed by atoms with Gasteiger partial charge in [0, 0.05) is 25.1 Å². The molecule has 6 rings (SSSR count). The summed E-state index contributed by atoms with van der Waals surface area (Å²) in [6, 6.07) is 10.5. The molecule has 17 heteroatoms. The fraction of sp³-hybridized carbons (Fsp3) is 0.452. The lowest BCUT2D eigenvalue weighted by atomic mass is 9.69. The minimum Gasteiger partial charge on any atom is -0.493 e. The number of rotatable bonds is 9. The van der Waals surface area contributed by atoms with E-state index in [-0.39, 0.29) is 39.5 Å². The monoisotopic (exact) mass is 696 g/mol. The van der Waals surface area contributed by atoms with Crippen molar-refractivity contribution in [3.8, 4) is 11.5 Å². The second-order valence-electron chi connectivity index (χ2n) is 11.6. The van der Waals surface area contributed by atoms with Crippen LogP contribution in [-0.2, 0) is 31.6 Å². The zero-order chi connectivity index (χ0) is 33.4. The average molecular weight is 697 g/mol. The van der Waals surface area contributed by atoms with E-state index < -0.39 is 46.2 Å². The Bertz CT molecular complexity index is 1650. The first-order valence-electron chi connectivity index (χ1n) is 14.8. The van der Waals surface area contributed by atoms with Gasteiger partial charge in [0.1, 0.15) is 11.0 Å². The molecule has 1 amide bonds. The molecule has 48 heavy (non-hydrogen) atoms. The van der Waals surface area contributed by atoms with Gasteiger partial charge < -0.3 is 46.0 Å². The fourth-order valence-electron chi connectivity index (χ4n) is 6.50. The van der Waals surface area contributed by atoms with Crippen molar-refractivity contribution in [1.82, 2.24) is 9.21 Å². The molecule has 2 aromatic carbocycles. The minimum atomic E-state index is -3.76. The normalized spacial score (nSPS) is 24.1. The van der Waals surface area contributed by atoms with Gasteiger partial charge >= 0.3 is 11.9 Å². The van der Waals surface area contributed by atoms with Crippen LogP contribution < -0.4 is 9.47 Å². The molecule has 1 spiro atoms. The molecule has 16 nitrogen and oxygen atoms in total. The summed E-state index contributed by atoms with van der Waals surface area (Å²) in [7, 11) is -2.11. The molecule has 1 aliphatic carbocycles. The van der Waals surface area contributed by atoms with Gasteiger partial charge in [-0.25, -0.2) is 22.3 Å². The van der Waals surface area contributed by atoms with Crippen LogP contribution in [0.25, 0.3) is 0 Å². The molecule has 0 fully saturated rings. The maximum Gasteiger partial charge on any atom is 0.335 e. The van der Waals surface area contributed by atoms with E-state index >= 15 is 0 Å². The topological polar surface area (TPSA) is 274 Å². The number of hydrogen-bond donors (Lipinski definition) is 5. The van der Waals surface area contributed by atoms with Crippen LogP contribution in [0, 0.1) is 0 Å². The Labute approximate surface area is 276 Å². The molecule has 0 radical (unpaired) electrons. The summed E-state index contributed by atoms with van der Waals surface area (Å²) in [5.41, 5.74) is 2.34. The first kappa shape index (κ1) is 38.3. The van der Waals surface area contributed by atoms with Crippen molar-refractivity contribution in [2.75, 3.05) is 26.7 Å². The highest BCUT2D eigenvalue weighted by Gasteiger charge is 2.52. The number of aliphatic carboxylic acids is 2. The number of carbonyl (C=O) groups excluding carboxylic acids is 1. The summed E-state index contributed by atoms with van der Waals surface area (Å²) in [6.45, 7) is 2.59. The van der Waals surface area contributed by atoms with Crippen LogP contribution in [0.3, 0.4) is 0 Å². The first-order chi connectivity index (χ1) is 21.8. The number of hydrogen-bond acceptors (Lipinski definition) is 11. The molecule has 2 aromatic rings. The number of unbranched alkanes of at least 4 members (excludes halogenated alkanes) is 1. The van der Waals surface area contributed by atoms with Crippen molar-refractivity contribution in [2.24, 2.45) is 0 Å². The van der Waals surface area contributed by atoms with Gasteiger partial charge in [0.15, 0.2) is 23.7 Å². The van der Waals surface area contributed by atoms with E-state index in [4.69, 9.17) is 29.9 Å². The highest BCUT2D eigenvalue weighted by atomic mass is 32.2. The lowest BCUT2D eigenvalue weighted by Gasteiger charge is -2.36. The van der Waals surface area contributed by atoms with Gasteiger partial charge in [0.25, 0.3) is 15.9 Å². The molecule has 3 heterocycles. The van der Waals surface area contributed by atoms with Crippen LogP contribution in [0.4, 0.5) is 0 Å². The van der Waals surface area contributed by atoms with E-state index in [2.05, 4.69) is 17.0 Å². The smallest absolute Gasteiger partial charge is 0.335 e. The number of fused-ring (bicyclic) bond motifs is 1. The number of amides is 1. The second kappa shape index (κ2) is 15.0. The number of carboxylic acids is 2. The average Bonchev–Trinajstić information content (AvgIpc) is 3.38. The lowest BCUT2D eigenvalue weighted by molar-refractivity contribution is -0.165. The van der Waals surface area contributed by atoms with E-state index in [0.717, 1.165) is 48.3 Å². The van der Waals surface area contributed by atoms with Crippen molar-refractivity contribution in [2.45, 2.75) is 67.0 Å². The second-order valence-corrected chi connectivity index (χ2v) is 13.4. The highest BCUT2D eigenvalue weighted by Crippen LogP contribution is 2.55. The van der Waals surface area contributed by atoms with Crippen LogP contribution in [-0.4, -0.2) is 123 Å². The standard InChI is InChI=1S/C27H30N2O6S.C4H6O6.2H2O/c1-34-21-9-8-18-17-28(15-12-27-11-10-19(30)16-23(27)35-25(21)24(18)27)13-4-5-14-29-26(31)20-6-2-3-7-22(20)36(29,32)33;5-1(3(7)8)2(6)4(9)10;;/h2-3,6-11,19,23,30H,4-5,12-17H2,1H3;1-2,5-6H,(H,7,8)(H,9,10);2*1H2/t19?,23-,27?;;;/m1.../s1. The number of aliphatic hydroxyl groups is 3. The number of benzene rings is 2. The highest BCUT2D eigenvalue weighted by molar-refractivity contribution is 7.90. The molecule has 5 atom stereocenters. The van der Waals surface area contributed by atoms with Gasteiger partial charge in [0.05, 0.1) is 24.2 Å². The molecular formula is C31H40N2O14S. The molecule has 0 saturated heterocycles. The molecule has 264 valence electrons. The maximum absolute atomic E-state index is 12.8. The van der Waals surface area contributed by atoms with E-state index in [9.17, 15) is 27.9 Å². The Balaban J connectivity index is 0.000000457. The van der Waals surface area contributed by atoms with Gasteiger partial charge in [-0.15, -0.1) is 0 Å². The van der Waals surface area contributed by atoms with Crippen molar-refractivity contribution in [3.05, 3.63) is 65.2 Å². The lowest BCUT2D eigenvalue weighted by Crippen LogP contribution is -2.43. The number of aliphatic hydroxyl groups excluding tert-OH is 3. The summed E-state index contributed by atoms with van der Waals surface area (Å²) < 4.78 is 38.6. The summed E-state index contributed by atoms with van der Waals surface area (Å²) in [5, 5.41) is 42.8. The number of carbonyl (C=O) groups is 3. The zero-order valence-corrected chi connectivity index (χ0v) is 26.8. The summed E-state index contributed by atoms with van der Waals surface area (Å²) in [6.07, 6.45) is 1.63. The van der Waals surface area contributed by atoms with Crippen molar-refractivity contribution < 1.29 is 68.8 Å². The van der Waals surface area contributed by atoms with Crippen molar-refractivity contribution in [1.29, 1.82) is 0 Å². The quantitative estimate of drug-likeness (QED) is 0.157. The van der Waals surface area contributed by atoms with E-state index in [1.807, 2.05) is 12.1 Å². The van der Waals surface area contributed by atoms with Crippen LogP contribution in [0.2, 0.25) is 0 Å². The summed E-state index contributed by atoms with van der Waals surface area (Å²) >= 11 is 0. The molecular weight excluding hydrogens is 656 g/mol. The number of nitrogens with zero attached hydrogens (tertiary/aromatic N) is 2. The molecule has 9 N–H and O–H groups in total. The Morgan fingerprint density at radius 3 is 2.31 bits per heavy atom. The number of methoxy groups -OCH3 is 1. The predicted octanol–water partition coefficient (Wildman–Crippen LogP) is -0.927. The van der Waals surface area contributed by atoms with E-state index in [1.165, 1.54) is 17.2 Å². The van der Waals surface area contributed by atoms with Gasteiger partial charge in [-0.1, -0.05) is 30.4 Å². The molecule has 0 bridgehead atoms. The Morgan fingerprint density at radius 2 is 1.69 bits per heavy atom. The van der Waals surface area contributed by atoms with Crippen LogP contribution in [0.1, 0.15) is 47.2 Å². The van der Waals surface area contributed by atoms with Crippen molar-refractivity contribution >= 4 is 27.9 Å². The molecule has 4 unspecified atom stereocenters. The van der Waals surface area contributed by atoms with Gasteiger partial charge in [-0.2, -0.15) is 0 Å². The fourth-order valence-corrected chi connectivity index (χ4v) is 8.11.